The van der Waals surface area contributed by atoms with Crippen LogP contribution in [0.5, 0.6) is 0 Å². The van der Waals surface area contributed by atoms with Crippen molar-refractivity contribution >= 4 is 35.4 Å². The fourth-order valence-corrected chi connectivity index (χ4v) is 5.61. The van der Waals surface area contributed by atoms with E-state index in [1.807, 2.05) is 0 Å². The van der Waals surface area contributed by atoms with Gasteiger partial charge in [0.2, 0.25) is 0 Å². The zero-order chi connectivity index (χ0) is 32.6. The van der Waals surface area contributed by atoms with Crippen molar-refractivity contribution in [2.75, 3.05) is 13.2 Å². The molecule has 0 bridgehead atoms. The van der Waals surface area contributed by atoms with Crippen LogP contribution in [-0.4, -0.2) is 48.6 Å². The van der Waals surface area contributed by atoms with Crippen LogP contribution in [0.25, 0.3) is 0 Å². The molecule has 0 unspecified atom stereocenters. The molecule has 6 nitrogen and oxygen atoms in total. The molecule has 0 aliphatic heterocycles. The maximum Gasteiger partial charge on any atom is 2.00 e. The van der Waals surface area contributed by atoms with Crippen molar-refractivity contribution in [1.29, 1.82) is 0 Å². The molecule has 0 aromatic heterocycles. The van der Waals surface area contributed by atoms with Gasteiger partial charge in [-0.3, -0.25) is 0 Å². The normalized spacial score (nSPS) is 10.5. The Bertz CT molecular complexity index is 512. The first kappa shape index (κ1) is 48.7. The van der Waals surface area contributed by atoms with Crippen molar-refractivity contribution in [3.05, 3.63) is 0 Å². The number of hydrogen-bond donors (Lipinski definition) is 0. The first-order chi connectivity index (χ1) is 21.5. The third-order valence-corrected chi connectivity index (χ3v) is 8.44. The van der Waals surface area contributed by atoms with Gasteiger partial charge in [0, 0.05) is 13.2 Å². The van der Waals surface area contributed by atoms with Gasteiger partial charge in [0.15, 0.2) is 0 Å². The fraction of sp³-hybridized carbons (Fsp3) is 0.947. The Morgan fingerprint density at radius 3 is 0.644 bits per heavy atom. The van der Waals surface area contributed by atoms with Crippen LogP contribution in [0.2, 0.25) is 0 Å². The number of ether oxygens (including phenoxy) is 2. The standard InChI is InChI=1S/2C19H38O3.Mg/c2*1-2-3-4-5-6-7-8-9-10-11-12-13-14-15-16-17-18-22-19(20)21;/h2*2-18H2,1H3,(H,20,21);/q;;+2/p-2. The third-order valence-electron chi connectivity index (χ3n) is 8.44. The number of unbranched alkanes of at least 4 members (excludes halogenated alkanes) is 30. The topological polar surface area (TPSA) is 98.7 Å². The molecular formula is C38H74MgO6. The molecule has 0 rings (SSSR count). The summed E-state index contributed by atoms with van der Waals surface area (Å²) in [5.41, 5.74) is 0. The molecule has 45 heavy (non-hydrogen) atoms. The number of hydrogen-bond acceptors (Lipinski definition) is 6. The van der Waals surface area contributed by atoms with Crippen LogP contribution in [0.3, 0.4) is 0 Å². The van der Waals surface area contributed by atoms with Crippen molar-refractivity contribution in [1.82, 2.24) is 0 Å². The second-order valence-corrected chi connectivity index (χ2v) is 12.8. The van der Waals surface area contributed by atoms with Crippen LogP contribution in [0, 0.1) is 0 Å². The summed E-state index contributed by atoms with van der Waals surface area (Å²) in [5, 5.41) is 20.1. The van der Waals surface area contributed by atoms with Crippen LogP contribution in [0.15, 0.2) is 0 Å². The Labute approximate surface area is 296 Å². The van der Waals surface area contributed by atoms with E-state index in [0.29, 0.717) is 13.2 Å². The van der Waals surface area contributed by atoms with Gasteiger partial charge in [0.25, 0.3) is 12.3 Å². The van der Waals surface area contributed by atoms with Gasteiger partial charge in [-0.15, -0.1) is 0 Å². The maximum absolute atomic E-state index is 10.0. The number of carbonyl (C=O) groups excluding carboxylic acids is 2. The molecule has 0 saturated carbocycles. The molecule has 0 fully saturated rings. The summed E-state index contributed by atoms with van der Waals surface area (Å²) in [7, 11) is 0. The van der Waals surface area contributed by atoms with E-state index in [2.05, 4.69) is 23.3 Å². The minimum Gasteiger partial charge on any atom is -0.550 e. The molecule has 0 aromatic carbocycles. The zero-order valence-electron chi connectivity index (χ0n) is 30.2. The van der Waals surface area contributed by atoms with Crippen molar-refractivity contribution in [3.8, 4) is 0 Å². The van der Waals surface area contributed by atoms with E-state index in [4.69, 9.17) is 0 Å². The van der Waals surface area contributed by atoms with E-state index in [0.717, 1.165) is 25.7 Å². The quantitative estimate of drug-likeness (QED) is 0.0390. The summed E-state index contributed by atoms with van der Waals surface area (Å²) < 4.78 is 8.73. The van der Waals surface area contributed by atoms with Gasteiger partial charge in [0.1, 0.15) is 0 Å². The molecule has 0 radical (unpaired) electrons. The van der Waals surface area contributed by atoms with Gasteiger partial charge in [-0.2, -0.15) is 0 Å². The average molecular weight is 651 g/mol. The van der Waals surface area contributed by atoms with Crippen LogP contribution >= 0.6 is 0 Å². The Morgan fingerprint density at radius 1 is 0.333 bits per heavy atom. The zero-order valence-corrected chi connectivity index (χ0v) is 31.6. The second-order valence-electron chi connectivity index (χ2n) is 12.8. The van der Waals surface area contributed by atoms with Gasteiger partial charge < -0.3 is 29.3 Å². The molecule has 0 heterocycles. The number of carboxylic acid groups (broad SMARTS) is 2. The molecule has 0 atom stereocenters. The summed E-state index contributed by atoms with van der Waals surface area (Å²) in [6.45, 7) is 5.12. The van der Waals surface area contributed by atoms with Crippen LogP contribution < -0.4 is 10.2 Å². The molecule has 264 valence electrons. The van der Waals surface area contributed by atoms with Crippen LogP contribution in [0.1, 0.15) is 219 Å². The minimum atomic E-state index is -1.40. The third kappa shape index (κ3) is 53.1. The SMILES string of the molecule is CCCCCCCCCCCCCCCCCCOC(=O)[O-].CCCCCCCCCCCCCCCCCCOC(=O)[O-].[Mg+2]. The predicted molar refractivity (Wildman–Crippen MR) is 188 cm³/mol. The van der Waals surface area contributed by atoms with Gasteiger partial charge >= 0.3 is 23.1 Å². The number of carbonyl (C=O) groups is 2. The molecule has 0 N–H and O–H groups in total. The van der Waals surface area contributed by atoms with Gasteiger partial charge in [0.05, 0.1) is 0 Å². The molecule has 0 amide bonds. The summed E-state index contributed by atoms with van der Waals surface area (Å²) in [4.78, 5) is 20.1. The van der Waals surface area contributed by atoms with E-state index in [1.165, 1.54) is 180 Å². The molecule has 0 aliphatic carbocycles. The monoisotopic (exact) mass is 651 g/mol. The minimum absolute atomic E-state index is 0. The van der Waals surface area contributed by atoms with Crippen molar-refractivity contribution in [2.24, 2.45) is 0 Å². The van der Waals surface area contributed by atoms with Crippen LogP contribution in [0.4, 0.5) is 9.59 Å². The maximum atomic E-state index is 10.0. The van der Waals surface area contributed by atoms with Crippen molar-refractivity contribution in [2.45, 2.75) is 219 Å². The average Bonchev–Trinajstić information content (AvgIpc) is 3.00. The Hall–Kier alpha value is -0.694. The summed E-state index contributed by atoms with van der Waals surface area (Å²) >= 11 is 0. The summed E-state index contributed by atoms with van der Waals surface area (Å²) in [6.07, 6.45) is 39.4. The van der Waals surface area contributed by atoms with Crippen molar-refractivity contribution < 1.29 is 29.3 Å². The van der Waals surface area contributed by atoms with E-state index in [-0.39, 0.29) is 23.1 Å². The first-order valence-corrected chi connectivity index (χ1v) is 19.2. The largest absolute Gasteiger partial charge is 2.00 e. The smallest absolute Gasteiger partial charge is 0.550 e. The van der Waals surface area contributed by atoms with Gasteiger partial charge in [-0.1, -0.05) is 206 Å². The van der Waals surface area contributed by atoms with E-state index in [9.17, 15) is 19.8 Å². The second kappa shape index (κ2) is 45.4. The summed E-state index contributed by atoms with van der Waals surface area (Å²) in [5.74, 6) is 0. The number of rotatable bonds is 34. The van der Waals surface area contributed by atoms with E-state index in [1.54, 1.807) is 0 Å². The van der Waals surface area contributed by atoms with E-state index < -0.39 is 12.3 Å². The molecule has 0 saturated heterocycles. The van der Waals surface area contributed by atoms with Crippen LogP contribution in [-0.2, 0) is 9.47 Å². The Balaban J connectivity index is -0.000000767. The molecule has 0 aliphatic rings. The summed E-state index contributed by atoms with van der Waals surface area (Å²) in [6, 6.07) is 0. The van der Waals surface area contributed by atoms with Crippen molar-refractivity contribution in [3.63, 3.8) is 0 Å². The molecule has 0 aromatic rings. The fourth-order valence-electron chi connectivity index (χ4n) is 5.61. The van der Waals surface area contributed by atoms with Gasteiger partial charge in [-0.05, 0) is 12.8 Å². The Kier molecular flexibility index (Phi) is 49.2. The Morgan fingerprint density at radius 2 is 0.489 bits per heavy atom. The van der Waals surface area contributed by atoms with Gasteiger partial charge in [-0.25, -0.2) is 0 Å². The first-order valence-electron chi connectivity index (χ1n) is 19.2. The molecule has 7 heteroatoms. The molecular weight excluding hydrogens is 577 g/mol. The predicted octanol–water partition coefficient (Wildman–Crippen LogP) is 10.8. The van der Waals surface area contributed by atoms with E-state index >= 15 is 0 Å². The molecule has 0 spiro atoms.